The van der Waals surface area contributed by atoms with Crippen LogP contribution in [0.5, 0.6) is 0 Å². The molecule has 0 rings (SSSR count). The van der Waals surface area contributed by atoms with E-state index in [0.29, 0.717) is 0 Å². The van der Waals surface area contributed by atoms with Gasteiger partial charge in [0.15, 0.2) is 0 Å². The maximum atomic E-state index is 9.24. The van der Waals surface area contributed by atoms with Gasteiger partial charge in [-0.1, -0.05) is 37.8 Å². The Morgan fingerprint density at radius 3 is 2.40 bits per heavy atom. The van der Waals surface area contributed by atoms with Crippen LogP contribution in [0.15, 0.2) is 37.5 Å². The molecule has 56 valence electrons. The Hall–Kier alpha value is -0.820. The molecule has 0 aromatic carbocycles. The third-order valence-corrected chi connectivity index (χ3v) is 1.35. The van der Waals surface area contributed by atoms with Crippen LogP contribution < -0.4 is 0 Å². The van der Waals surface area contributed by atoms with E-state index >= 15 is 0 Å². The van der Waals surface area contributed by atoms with Crippen molar-refractivity contribution < 1.29 is 5.11 Å². The molecule has 0 saturated heterocycles. The Balaban J connectivity index is 3.81. The molecule has 0 aliphatic rings. The topological polar surface area (TPSA) is 20.2 Å². The molecular weight excluding hydrogens is 124 g/mol. The van der Waals surface area contributed by atoms with E-state index in [1.54, 1.807) is 24.3 Å². The van der Waals surface area contributed by atoms with E-state index in [9.17, 15) is 5.11 Å². The molecule has 0 aromatic heterocycles. The van der Waals surface area contributed by atoms with Crippen molar-refractivity contribution in [2.45, 2.75) is 13.0 Å². The van der Waals surface area contributed by atoms with Crippen LogP contribution in [0, 0.1) is 5.92 Å². The number of allylic oxidation sites excluding steroid dienone is 2. The Labute approximate surface area is 62.4 Å². The summed E-state index contributed by atoms with van der Waals surface area (Å²) in [6.07, 6.45) is 6.34. The smallest absolute Gasteiger partial charge is 0.0783 e. The molecule has 0 spiro atoms. The van der Waals surface area contributed by atoms with Crippen LogP contribution >= 0.6 is 0 Å². The molecule has 0 saturated carbocycles. The normalized spacial score (nSPS) is 16.6. The van der Waals surface area contributed by atoms with Gasteiger partial charge in [-0.05, 0) is 0 Å². The molecule has 1 N–H and O–H groups in total. The molecule has 0 aliphatic carbocycles. The van der Waals surface area contributed by atoms with Gasteiger partial charge in [-0.25, -0.2) is 0 Å². The molecule has 0 bridgehead atoms. The predicted molar refractivity (Wildman–Crippen MR) is 44.7 cm³/mol. The van der Waals surface area contributed by atoms with Gasteiger partial charge in [0.05, 0.1) is 6.10 Å². The lowest BCUT2D eigenvalue weighted by atomic mass is 10.1. The second-order valence-corrected chi connectivity index (χ2v) is 2.21. The second kappa shape index (κ2) is 5.00. The summed E-state index contributed by atoms with van der Waals surface area (Å²) in [5.74, 6) is 0.108. The average molecular weight is 138 g/mol. The van der Waals surface area contributed by atoms with E-state index in [-0.39, 0.29) is 5.92 Å². The van der Waals surface area contributed by atoms with Gasteiger partial charge in [-0.2, -0.15) is 0 Å². The quantitative estimate of drug-likeness (QED) is 0.464. The summed E-state index contributed by atoms with van der Waals surface area (Å²) >= 11 is 0. The molecule has 0 fully saturated rings. The van der Waals surface area contributed by atoms with Crippen LogP contribution in [0.3, 0.4) is 0 Å². The van der Waals surface area contributed by atoms with Crippen molar-refractivity contribution in [1.29, 1.82) is 0 Å². The van der Waals surface area contributed by atoms with E-state index in [1.807, 2.05) is 6.92 Å². The van der Waals surface area contributed by atoms with E-state index in [2.05, 4.69) is 13.2 Å². The maximum absolute atomic E-state index is 9.24. The predicted octanol–water partition coefficient (Wildman–Crippen LogP) is 1.91. The van der Waals surface area contributed by atoms with Crippen molar-refractivity contribution in [3.8, 4) is 0 Å². The van der Waals surface area contributed by atoms with E-state index in [1.165, 1.54) is 0 Å². The summed E-state index contributed by atoms with van der Waals surface area (Å²) < 4.78 is 0. The van der Waals surface area contributed by atoms with Gasteiger partial charge in [0.2, 0.25) is 0 Å². The van der Waals surface area contributed by atoms with Gasteiger partial charge in [-0.3, -0.25) is 0 Å². The summed E-state index contributed by atoms with van der Waals surface area (Å²) in [6, 6.07) is 0. The lowest BCUT2D eigenvalue weighted by molar-refractivity contribution is 0.185. The minimum atomic E-state index is -0.435. The number of hydrogen-bond donors (Lipinski definition) is 1. The largest absolute Gasteiger partial charge is 0.388 e. The van der Waals surface area contributed by atoms with Crippen LogP contribution in [0.25, 0.3) is 0 Å². The van der Waals surface area contributed by atoms with Crippen molar-refractivity contribution in [3.63, 3.8) is 0 Å². The third-order valence-electron chi connectivity index (χ3n) is 1.35. The Morgan fingerprint density at radius 1 is 1.40 bits per heavy atom. The molecule has 10 heavy (non-hydrogen) atoms. The van der Waals surface area contributed by atoms with Crippen LogP contribution in [0.4, 0.5) is 0 Å². The first kappa shape index (κ1) is 9.18. The first-order valence-electron chi connectivity index (χ1n) is 3.32. The fourth-order valence-electron chi connectivity index (χ4n) is 0.507. The van der Waals surface area contributed by atoms with Crippen molar-refractivity contribution in [1.82, 2.24) is 0 Å². The fraction of sp³-hybridized carbons (Fsp3) is 0.333. The van der Waals surface area contributed by atoms with Gasteiger partial charge in [0, 0.05) is 5.92 Å². The lowest BCUT2D eigenvalue weighted by Gasteiger charge is -2.08. The zero-order valence-electron chi connectivity index (χ0n) is 6.33. The SMILES string of the molecule is C=C/C=C/C(O)C(C)C=C. The van der Waals surface area contributed by atoms with E-state index < -0.39 is 6.10 Å². The molecular formula is C9H14O. The second-order valence-electron chi connectivity index (χ2n) is 2.21. The Morgan fingerprint density at radius 2 is 2.00 bits per heavy atom. The van der Waals surface area contributed by atoms with Crippen LogP contribution in [-0.4, -0.2) is 11.2 Å². The molecule has 1 nitrogen and oxygen atoms in total. The highest BCUT2D eigenvalue weighted by Gasteiger charge is 2.04. The Bertz CT molecular complexity index is 136. The highest BCUT2D eigenvalue weighted by molar-refractivity contribution is 5.03. The van der Waals surface area contributed by atoms with E-state index in [0.717, 1.165) is 0 Å². The molecule has 0 radical (unpaired) electrons. The summed E-state index contributed by atoms with van der Waals surface area (Å²) in [7, 11) is 0. The number of aliphatic hydroxyl groups is 1. The summed E-state index contributed by atoms with van der Waals surface area (Å²) in [6.45, 7) is 8.97. The van der Waals surface area contributed by atoms with Gasteiger partial charge in [0.25, 0.3) is 0 Å². The van der Waals surface area contributed by atoms with Crippen LogP contribution in [0.2, 0.25) is 0 Å². The number of aliphatic hydroxyl groups excluding tert-OH is 1. The molecule has 1 heteroatoms. The van der Waals surface area contributed by atoms with Crippen molar-refractivity contribution in [3.05, 3.63) is 37.5 Å². The molecule has 0 aromatic rings. The molecule has 0 aliphatic heterocycles. The standard InChI is InChI=1S/C9H14O/c1-4-6-7-9(10)8(3)5-2/h4-10H,1-2H2,3H3/b7-6+. The average Bonchev–Trinajstić information content (AvgIpc) is 1.98. The summed E-state index contributed by atoms with van der Waals surface area (Å²) in [4.78, 5) is 0. The monoisotopic (exact) mass is 138 g/mol. The molecule has 2 unspecified atom stereocenters. The van der Waals surface area contributed by atoms with Crippen molar-refractivity contribution >= 4 is 0 Å². The fourth-order valence-corrected chi connectivity index (χ4v) is 0.507. The highest BCUT2D eigenvalue weighted by Crippen LogP contribution is 2.04. The van der Waals surface area contributed by atoms with Crippen molar-refractivity contribution in [2.75, 3.05) is 0 Å². The summed E-state index contributed by atoms with van der Waals surface area (Å²) in [5, 5.41) is 9.24. The molecule has 2 atom stereocenters. The molecule has 0 amide bonds. The first-order chi connectivity index (χ1) is 4.72. The lowest BCUT2D eigenvalue weighted by Crippen LogP contribution is -2.11. The minimum Gasteiger partial charge on any atom is -0.388 e. The van der Waals surface area contributed by atoms with E-state index in [4.69, 9.17) is 0 Å². The highest BCUT2D eigenvalue weighted by atomic mass is 16.3. The Kier molecular flexibility index (Phi) is 4.59. The van der Waals surface area contributed by atoms with Gasteiger partial charge in [-0.15, -0.1) is 6.58 Å². The van der Waals surface area contributed by atoms with Gasteiger partial charge < -0.3 is 5.11 Å². The summed E-state index contributed by atoms with van der Waals surface area (Å²) in [5.41, 5.74) is 0. The van der Waals surface area contributed by atoms with Crippen LogP contribution in [-0.2, 0) is 0 Å². The number of rotatable bonds is 4. The van der Waals surface area contributed by atoms with Crippen LogP contribution in [0.1, 0.15) is 6.92 Å². The van der Waals surface area contributed by atoms with Crippen molar-refractivity contribution in [2.24, 2.45) is 5.92 Å². The zero-order chi connectivity index (χ0) is 7.98. The third kappa shape index (κ3) is 3.25. The molecule has 0 heterocycles. The first-order valence-corrected chi connectivity index (χ1v) is 3.32. The minimum absolute atomic E-state index is 0.108. The maximum Gasteiger partial charge on any atom is 0.0783 e. The van der Waals surface area contributed by atoms with Gasteiger partial charge >= 0.3 is 0 Å². The number of hydrogen-bond acceptors (Lipinski definition) is 1. The zero-order valence-corrected chi connectivity index (χ0v) is 6.33. The van der Waals surface area contributed by atoms with Gasteiger partial charge in [0.1, 0.15) is 0 Å².